The molecule has 4 aliphatic rings. The van der Waals surface area contributed by atoms with E-state index < -0.39 is 0 Å². The molecular weight excluding hydrogens is 300 g/mol. The molecule has 4 saturated carbocycles. The fourth-order valence-corrected chi connectivity index (χ4v) is 5.78. The highest BCUT2D eigenvalue weighted by Gasteiger charge is 2.54. The molecule has 0 unspecified atom stereocenters. The van der Waals surface area contributed by atoms with Crippen molar-refractivity contribution in [1.29, 1.82) is 0 Å². The Morgan fingerprint density at radius 1 is 1.04 bits per heavy atom. The van der Waals surface area contributed by atoms with Crippen molar-refractivity contribution in [3.8, 4) is 11.1 Å². The first-order valence-electron chi connectivity index (χ1n) is 9.03. The van der Waals surface area contributed by atoms with Gasteiger partial charge in [-0.2, -0.15) is 0 Å². The summed E-state index contributed by atoms with van der Waals surface area (Å²) in [5.74, 6) is 2.90. The molecule has 1 N–H and O–H groups in total. The third-order valence-corrected chi connectivity index (χ3v) is 6.40. The maximum absolute atomic E-state index is 13.1. The van der Waals surface area contributed by atoms with Crippen molar-refractivity contribution in [2.75, 3.05) is 5.32 Å². The maximum Gasteiger partial charge on any atom is 0.239 e. The van der Waals surface area contributed by atoms with Crippen LogP contribution in [0.25, 0.3) is 11.1 Å². The summed E-state index contributed by atoms with van der Waals surface area (Å²) in [4.78, 5) is 13.1. The Kier molecular flexibility index (Phi) is 3.09. The highest BCUT2D eigenvalue weighted by molar-refractivity contribution is 5.97. The van der Waals surface area contributed by atoms with E-state index in [1.165, 1.54) is 19.3 Å². The molecule has 1 amide bonds. The van der Waals surface area contributed by atoms with Crippen molar-refractivity contribution in [3.05, 3.63) is 36.5 Å². The number of anilines is 1. The molecule has 0 atom stereocenters. The average molecular weight is 322 g/mol. The Bertz CT molecular complexity index is 730. The van der Waals surface area contributed by atoms with Crippen molar-refractivity contribution < 1.29 is 9.32 Å². The highest BCUT2D eigenvalue weighted by atomic mass is 16.5. The monoisotopic (exact) mass is 322 g/mol. The number of hydrogen-bond donors (Lipinski definition) is 1. The van der Waals surface area contributed by atoms with E-state index in [4.69, 9.17) is 4.52 Å². The minimum atomic E-state index is -0.171. The fraction of sp³-hybridized carbons (Fsp3) is 0.500. The third kappa shape index (κ3) is 2.20. The zero-order valence-electron chi connectivity index (χ0n) is 13.7. The zero-order chi connectivity index (χ0) is 16.1. The maximum atomic E-state index is 13.1. The van der Waals surface area contributed by atoms with Gasteiger partial charge in [0.1, 0.15) is 0 Å². The molecule has 4 bridgehead atoms. The lowest BCUT2D eigenvalue weighted by Crippen LogP contribution is -2.51. The smallest absolute Gasteiger partial charge is 0.239 e. The van der Waals surface area contributed by atoms with Gasteiger partial charge in [-0.3, -0.25) is 10.1 Å². The van der Waals surface area contributed by atoms with Crippen LogP contribution in [0.1, 0.15) is 38.5 Å². The Morgan fingerprint density at radius 3 is 2.29 bits per heavy atom. The SMILES string of the molecule is O=C(Nc1oncc1-c1ccccc1)C12CC3CC(CC(C3)C1)C2. The topological polar surface area (TPSA) is 55.1 Å². The van der Waals surface area contributed by atoms with Crippen LogP contribution < -0.4 is 5.32 Å². The molecule has 4 nitrogen and oxygen atoms in total. The summed E-state index contributed by atoms with van der Waals surface area (Å²) < 4.78 is 5.37. The quantitative estimate of drug-likeness (QED) is 0.905. The number of amides is 1. The summed E-state index contributed by atoms with van der Waals surface area (Å²) in [6.07, 6.45) is 8.86. The summed E-state index contributed by atoms with van der Waals surface area (Å²) in [6, 6.07) is 9.95. The van der Waals surface area contributed by atoms with E-state index >= 15 is 0 Å². The number of rotatable bonds is 3. The van der Waals surface area contributed by atoms with Crippen molar-refractivity contribution in [2.45, 2.75) is 38.5 Å². The Morgan fingerprint density at radius 2 is 1.67 bits per heavy atom. The van der Waals surface area contributed by atoms with Crippen LogP contribution in [0.3, 0.4) is 0 Å². The summed E-state index contributed by atoms with van der Waals surface area (Å²) >= 11 is 0. The van der Waals surface area contributed by atoms with Gasteiger partial charge in [-0.25, -0.2) is 0 Å². The summed E-state index contributed by atoms with van der Waals surface area (Å²) in [5, 5.41) is 6.99. The van der Waals surface area contributed by atoms with Crippen molar-refractivity contribution in [3.63, 3.8) is 0 Å². The second-order valence-corrected chi connectivity index (χ2v) is 8.09. The second kappa shape index (κ2) is 5.20. The molecule has 1 aromatic heterocycles. The van der Waals surface area contributed by atoms with Crippen molar-refractivity contribution >= 4 is 11.8 Å². The van der Waals surface area contributed by atoms with E-state index in [2.05, 4.69) is 10.5 Å². The molecule has 1 aromatic carbocycles. The standard InChI is InChI=1S/C20H22N2O2/c23-19(20-9-13-6-14(10-20)8-15(7-13)11-20)22-18-17(12-21-24-18)16-4-2-1-3-5-16/h1-5,12-15H,6-11H2,(H,22,23). The number of carbonyl (C=O) groups is 1. The number of benzene rings is 1. The molecule has 4 fully saturated rings. The van der Waals surface area contributed by atoms with E-state index in [0.717, 1.165) is 48.1 Å². The number of carbonyl (C=O) groups excluding carboxylic acids is 1. The van der Waals surface area contributed by atoms with Gasteiger partial charge in [0, 0.05) is 0 Å². The van der Waals surface area contributed by atoms with E-state index in [-0.39, 0.29) is 11.3 Å². The normalized spacial score (nSPS) is 33.6. The highest BCUT2D eigenvalue weighted by Crippen LogP contribution is 2.60. The van der Waals surface area contributed by atoms with Crippen LogP contribution in [-0.4, -0.2) is 11.1 Å². The molecule has 24 heavy (non-hydrogen) atoms. The molecule has 4 aliphatic carbocycles. The zero-order valence-corrected chi connectivity index (χ0v) is 13.7. The molecular formula is C20H22N2O2. The predicted molar refractivity (Wildman–Crippen MR) is 91.2 cm³/mol. The largest absolute Gasteiger partial charge is 0.338 e. The van der Waals surface area contributed by atoms with Gasteiger partial charge >= 0.3 is 0 Å². The van der Waals surface area contributed by atoms with Crippen LogP contribution in [0.5, 0.6) is 0 Å². The Hall–Kier alpha value is -2.10. The number of nitrogens with zero attached hydrogens (tertiary/aromatic N) is 1. The molecule has 0 radical (unpaired) electrons. The molecule has 124 valence electrons. The van der Waals surface area contributed by atoms with Gasteiger partial charge in [-0.15, -0.1) is 0 Å². The van der Waals surface area contributed by atoms with Crippen LogP contribution in [0.2, 0.25) is 0 Å². The Balaban J connectivity index is 1.41. The fourth-order valence-electron chi connectivity index (χ4n) is 5.78. The van der Waals surface area contributed by atoms with Gasteiger partial charge in [-0.05, 0) is 61.8 Å². The van der Waals surface area contributed by atoms with Gasteiger partial charge in [0.2, 0.25) is 11.8 Å². The third-order valence-electron chi connectivity index (χ3n) is 6.40. The van der Waals surface area contributed by atoms with Crippen LogP contribution in [-0.2, 0) is 4.79 Å². The van der Waals surface area contributed by atoms with Gasteiger partial charge in [0.15, 0.2) is 0 Å². The molecule has 0 saturated heterocycles. The minimum absolute atomic E-state index is 0.149. The summed E-state index contributed by atoms with van der Waals surface area (Å²) in [7, 11) is 0. The first-order valence-corrected chi connectivity index (χ1v) is 9.03. The van der Waals surface area contributed by atoms with E-state index in [1.54, 1.807) is 6.20 Å². The Labute approximate surface area is 141 Å². The molecule has 2 aromatic rings. The lowest BCUT2D eigenvalue weighted by atomic mass is 9.49. The van der Waals surface area contributed by atoms with E-state index in [1.807, 2.05) is 30.3 Å². The van der Waals surface area contributed by atoms with E-state index in [0.29, 0.717) is 5.88 Å². The molecule has 0 spiro atoms. The second-order valence-electron chi connectivity index (χ2n) is 8.09. The molecule has 6 rings (SSSR count). The molecule has 0 aliphatic heterocycles. The van der Waals surface area contributed by atoms with Gasteiger partial charge in [0.05, 0.1) is 17.2 Å². The first kappa shape index (κ1) is 14.3. The van der Waals surface area contributed by atoms with Crippen molar-refractivity contribution in [1.82, 2.24) is 5.16 Å². The van der Waals surface area contributed by atoms with Gasteiger partial charge < -0.3 is 4.52 Å². The van der Waals surface area contributed by atoms with Gasteiger partial charge in [-0.1, -0.05) is 35.5 Å². The summed E-state index contributed by atoms with van der Waals surface area (Å²) in [6.45, 7) is 0. The van der Waals surface area contributed by atoms with Crippen LogP contribution >= 0.6 is 0 Å². The summed E-state index contributed by atoms with van der Waals surface area (Å²) in [5.41, 5.74) is 1.70. The number of aromatic nitrogens is 1. The lowest BCUT2D eigenvalue weighted by Gasteiger charge is -2.55. The van der Waals surface area contributed by atoms with Crippen LogP contribution in [0.15, 0.2) is 41.1 Å². The first-order chi connectivity index (χ1) is 11.7. The molecule has 4 heteroatoms. The van der Waals surface area contributed by atoms with Crippen LogP contribution in [0.4, 0.5) is 5.88 Å². The lowest BCUT2D eigenvalue weighted by molar-refractivity contribution is -0.140. The average Bonchev–Trinajstić information content (AvgIpc) is 3.02. The van der Waals surface area contributed by atoms with Crippen molar-refractivity contribution in [2.24, 2.45) is 23.2 Å². The van der Waals surface area contributed by atoms with Crippen LogP contribution in [0, 0.1) is 23.2 Å². The number of nitrogens with one attached hydrogen (secondary N) is 1. The number of hydrogen-bond acceptors (Lipinski definition) is 3. The van der Waals surface area contributed by atoms with Gasteiger partial charge in [0.25, 0.3) is 0 Å². The van der Waals surface area contributed by atoms with E-state index in [9.17, 15) is 4.79 Å². The minimum Gasteiger partial charge on any atom is -0.338 e. The molecule has 1 heterocycles. The predicted octanol–water partition coefficient (Wildman–Crippen LogP) is 4.50.